The van der Waals surface area contributed by atoms with Gasteiger partial charge in [-0.15, -0.1) is 0 Å². The van der Waals surface area contributed by atoms with Crippen molar-refractivity contribution in [2.24, 2.45) is 0 Å². The van der Waals surface area contributed by atoms with Crippen molar-refractivity contribution >= 4 is 50.0 Å². The molecule has 0 aliphatic rings. The summed E-state index contributed by atoms with van der Waals surface area (Å²) < 4.78 is 7.34. The maximum atomic E-state index is 12.3. The first-order chi connectivity index (χ1) is 15.8. The Morgan fingerprint density at radius 1 is 1.03 bits per heavy atom. The highest BCUT2D eigenvalue weighted by molar-refractivity contribution is 7.23. The van der Waals surface area contributed by atoms with E-state index >= 15 is 0 Å². The molecule has 3 N–H and O–H groups in total. The molecule has 0 fully saturated rings. The number of hydrogen-bond acceptors (Lipinski definition) is 7. The molecule has 2 amide bonds. The van der Waals surface area contributed by atoms with Crippen LogP contribution >= 0.6 is 11.3 Å². The van der Waals surface area contributed by atoms with E-state index in [2.05, 4.69) is 26.1 Å². The zero-order valence-corrected chi connectivity index (χ0v) is 19.4. The second kappa shape index (κ2) is 7.89. The second-order valence-electron chi connectivity index (χ2n) is 8.63. The van der Waals surface area contributed by atoms with E-state index < -0.39 is 0 Å². The number of imidazole rings is 1. The first kappa shape index (κ1) is 21.0. The number of carbonyl (C=O) groups excluding carboxylic acids is 1. The molecule has 0 aliphatic carbocycles. The quantitative estimate of drug-likeness (QED) is 0.322. The van der Waals surface area contributed by atoms with Crippen LogP contribution in [0, 0.1) is 0 Å². The lowest BCUT2D eigenvalue weighted by Gasteiger charge is -2.12. The summed E-state index contributed by atoms with van der Waals surface area (Å²) in [7, 11) is 1.85. The smallest absolute Gasteiger partial charge is 0.324 e. The van der Waals surface area contributed by atoms with Crippen molar-refractivity contribution in [3.63, 3.8) is 0 Å². The minimum Gasteiger partial charge on any atom is -0.373 e. The molecular weight excluding hydrogens is 438 g/mol. The van der Waals surface area contributed by atoms with Crippen molar-refractivity contribution in [2.75, 3.05) is 23.0 Å². The zero-order valence-electron chi connectivity index (χ0n) is 18.6. The number of fused-ring (bicyclic) bond motifs is 3. The molecule has 0 spiro atoms. The Morgan fingerprint density at radius 3 is 2.52 bits per heavy atom. The maximum absolute atomic E-state index is 12.3. The van der Waals surface area contributed by atoms with E-state index in [-0.39, 0.29) is 11.4 Å². The van der Waals surface area contributed by atoms with Gasteiger partial charge in [0.15, 0.2) is 10.8 Å². The average molecular weight is 462 g/mol. The van der Waals surface area contributed by atoms with Gasteiger partial charge in [0.25, 0.3) is 0 Å². The first-order valence-corrected chi connectivity index (χ1v) is 11.2. The molecule has 0 bridgehead atoms. The SMILES string of the molecule is CNc1ccc2c(n1)sc1nc(-c3ccc(NC(=O)Nc4cc(C(C)(C)C)on4)cc3)cn12. The molecule has 4 heterocycles. The number of amides is 2. The minimum atomic E-state index is -0.390. The molecule has 0 saturated heterocycles. The number of urea groups is 1. The van der Waals surface area contributed by atoms with E-state index in [0.717, 1.165) is 32.4 Å². The highest BCUT2D eigenvalue weighted by atomic mass is 32.1. The van der Waals surface area contributed by atoms with Crippen LogP contribution in [0.4, 0.5) is 22.1 Å². The van der Waals surface area contributed by atoms with Crippen molar-refractivity contribution in [2.45, 2.75) is 26.2 Å². The Kier molecular flexibility index (Phi) is 5.01. The third-order valence-electron chi connectivity index (χ3n) is 5.15. The summed E-state index contributed by atoms with van der Waals surface area (Å²) in [4.78, 5) is 23.5. The molecule has 10 heteroatoms. The normalized spacial score (nSPS) is 11.8. The zero-order chi connectivity index (χ0) is 23.2. The van der Waals surface area contributed by atoms with Gasteiger partial charge in [0, 0.05) is 36.0 Å². The molecule has 0 radical (unpaired) electrons. The van der Waals surface area contributed by atoms with Crippen LogP contribution in [0.25, 0.3) is 26.6 Å². The van der Waals surface area contributed by atoms with Crippen LogP contribution in [-0.4, -0.2) is 32.6 Å². The van der Waals surface area contributed by atoms with Gasteiger partial charge in [-0.2, -0.15) is 0 Å². The summed E-state index contributed by atoms with van der Waals surface area (Å²) in [5, 5.41) is 12.4. The highest BCUT2D eigenvalue weighted by Gasteiger charge is 2.20. The van der Waals surface area contributed by atoms with Gasteiger partial charge in [0.1, 0.15) is 16.4 Å². The summed E-state index contributed by atoms with van der Waals surface area (Å²) >= 11 is 1.54. The van der Waals surface area contributed by atoms with Crippen molar-refractivity contribution in [3.05, 3.63) is 54.4 Å². The third kappa shape index (κ3) is 4.12. The van der Waals surface area contributed by atoms with Crippen LogP contribution in [0.5, 0.6) is 0 Å². The summed E-state index contributed by atoms with van der Waals surface area (Å²) in [6.07, 6.45) is 2.00. The molecule has 9 nitrogen and oxygen atoms in total. The predicted molar refractivity (Wildman–Crippen MR) is 131 cm³/mol. The fourth-order valence-electron chi connectivity index (χ4n) is 3.35. The molecule has 0 aliphatic heterocycles. The molecule has 5 aromatic rings. The molecule has 33 heavy (non-hydrogen) atoms. The number of nitrogens with one attached hydrogen (secondary N) is 3. The van der Waals surface area contributed by atoms with E-state index in [1.807, 2.05) is 74.8 Å². The van der Waals surface area contributed by atoms with Crippen molar-refractivity contribution in [1.29, 1.82) is 0 Å². The lowest BCUT2D eigenvalue weighted by molar-refractivity contribution is 0.262. The van der Waals surface area contributed by atoms with Gasteiger partial charge in [0.2, 0.25) is 0 Å². The molecule has 1 aromatic carbocycles. The van der Waals surface area contributed by atoms with E-state index in [0.29, 0.717) is 17.3 Å². The van der Waals surface area contributed by atoms with Gasteiger partial charge in [-0.25, -0.2) is 14.8 Å². The lowest BCUT2D eigenvalue weighted by atomic mass is 9.93. The molecule has 0 unspecified atom stereocenters. The highest BCUT2D eigenvalue weighted by Crippen LogP contribution is 2.30. The summed E-state index contributed by atoms with van der Waals surface area (Å²) in [5.41, 5.74) is 3.31. The minimum absolute atomic E-state index is 0.181. The van der Waals surface area contributed by atoms with Crippen LogP contribution in [0.1, 0.15) is 26.5 Å². The Hall–Kier alpha value is -3.92. The predicted octanol–water partition coefficient (Wildman–Crippen LogP) is 5.58. The monoisotopic (exact) mass is 461 g/mol. The van der Waals surface area contributed by atoms with E-state index in [9.17, 15) is 4.79 Å². The molecule has 4 aromatic heterocycles. The van der Waals surface area contributed by atoms with E-state index in [1.165, 1.54) is 0 Å². The first-order valence-electron chi connectivity index (χ1n) is 10.4. The molecule has 168 valence electrons. The Balaban J connectivity index is 1.29. The topological polar surface area (TPSA) is 109 Å². The standard InChI is InChI=1S/C23H23N7O2S/c1-23(2,3)17-11-19(29-32-17)28-21(31)25-14-7-5-13(6-8-14)15-12-30-16-9-10-18(24-4)27-20(16)33-22(30)26-15/h5-12H,1-4H3,(H,24,27)(H2,25,28,29,31). The number of nitrogens with zero attached hydrogens (tertiary/aromatic N) is 4. The fraction of sp³-hybridized carbons (Fsp3) is 0.217. The van der Waals surface area contributed by atoms with E-state index in [4.69, 9.17) is 9.51 Å². The number of pyridine rings is 1. The second-order valence-corrected chi connectivity index (χ2v) is 9.59. The van der Waals surface area contributed by atoms with Crippen molar-refractivity contribution in [1.82, 2.24) is 19.5 Å². The van der Waals surface area contributed by atoms with Crippen LogP contribution in [0.3, 0.4) is 0 Å². The number of anilines is 3. The number of aromatic nitrogens is 4. The molecule has 5 rings (SSSR count). The van der Waals surface area contributed by atoms with Gasteiger partial charge in [-0.3, -0.25) is 9.72 Å². The van der Waals surface area contributed by atoms with Crippen LogP contribution in [0.2, 0.25) is 0 Å². The Labute approximate surface area is 193 Å². The fourth-order valence-corrected chi connectivity index (χ4v) is 4.34. The summed E-state index contributed by atoms with van der Waals surface area (Å²) in [6, 6.07) is 12.8. The number of rotatable bonds is 4. The lowest BCUT2D eigenvalue weighted by Crippen LogP contribution is -2.19. The number of carbonyl (C=O) groups is 1. The van der Waals surface area contributed by atoms with Gasteiger partial charge >= 0.3 is 6.03 Å². The Morgan fingerprint density at radius 2 is 1.82 bits per heavy atom. The van der Waals surface area contributed by atoms with Gasteiger partial charge in [0.05, 0.1) is 11.2 Å². The van der Waals surface area contributed by atoms with Crippen molar-refractivity contribution < 1.29 is 9.32 Å². The number of hydrogen-bond donors (Lipinski definition) is 3. The third-order valence-corrected chi connectivity index (χ3v) is 6.11. The average Bonchev–Trinajstić information content (AvgIpc) is 3.48. The summed E-state index contributed by atoms with van der Waals surface area (Å²) in [6.45, 7) is 6.05. The largest absolute Gasteiger partial charge is 0.373 e. The van der Waals surface area contributed by atoms with Gasteiger partial charge < -0.3 is 15.2 Å². The van der Waals surface area contributed by atoms with Gasteiger partial charge in [-0.05, 0) is 24.3 Å². The van der Waals surface area contributed by atoms with Crippen LogP contribution in [0.15, 0.2) is 53.2 Å². The van der Waals surface area contributed by atoms with Crippen LogP contribution in [-0.2, 0) is 5.41 Å². The van der Waals surface area contributed by atoms with Crippen molar-refractivity contribution in [3.8, 4) is 11.3 Å². The summed E-state index contributed by atoms with van der Waals surface area (Å²) in [5.74, 6) is 1.90. The molecule has 0 atom stereocenters. The van der Waals surface area contributed by atoms with E-state index in [1.54, 1.807) is 17.4 Å². The number of benzene rings is 1. The Bertz CT molecular complexity index is 1460. The molecule has 0 saturated carbocycles. The number of thiazole rings is 1. The van der Waals surface area contributed by atoms with Gasteiger partial charge in [-0.1, -0.05) is 49.4 Å². The maximum Gasteiger partial charge on any atom is 0.324 e. The molecular formula is C23H23N7O2S. The van der Waals surface area contributed by atoms with Crippen LogP contribution < -0.4 is 16.0 Å².